The number of carbonyl (C=O) groups is 1. The van der Waals surface area contributed by atoms with Gasteiger partial charge >= 0.3 is 0 Å². The number of furan rings is 1. The van der Waals surface area contributed by atoms with Gasteiger partial charge in [-0.1, -0.05) is 0 Å². The highest BCUT2D eigenvalue weighted by Gasteiger charge is 2.22. The SMILES string of the molecule is CCNC(=NCCNC(=O)c1ccco1)N1CC[C@@H](O)C1. The number of aliphatic imine (C=N–C) groups is 1. The molecule has 1 amide bonds. The number of aliphatic hydroxyl groups excluding tert-OH is 1. The van der Waals surface area contributed by atoms with Crippen LogP contribution in [0.3, 0.4) is 0 Å². The maximum Gasteiger partial charge on any atom is 0.287 e. The lowest BCUT2D eigenvalue weighted by atomic mass is 10.3. The van der Waals surface area contributed by atoms with Crippen LogP contribution < -0.4 is 10.6 Å². The third kappa shape index (κ3) is 4.49. The molecule has 1 saturated heterocycles. The second kappa shape index (κ2) is 7.68. The monoisotopic (exact) mass is 294 g/mol. The topological polar surface area (TPSA) is 90.1 Å². The van der Waals surface area contributed by atoms with Crippen molar-refractivity contribution in [3.05, 3.63) is 24.2 Å². The number of nitrogens with zero attached hydrogens (tertiary/aromatic N) is 2. The van der Waals surface area contributed by atoms with Crippen LogP contribution >= 0.6 is 0 Å². The molecular weight excluding hydrogens is 272 g/mol. The van der Waals surface area contributed by atoms with E-state index in [9.17, 15) is 9.90 Å². The number of amides is 1. The van der Waals surface area contributed by atoms with Crippen molar-refractivity contribution in [3.63, 3.8) is 0 Å². The van der Waals surface area contributed by atoms with Crippen LogP contribution in [-0.4, -0.2) is 60.7 Å². The van der Waals surface area contributed by atoms with E-state index in [2.05, 4.69) is 15.6 Å². The van der Waals surface area contributed by atoms with Gasteiger partial charge in [0, 0.05) is 26.2 Å². The number of aliphatic hydroxyl groups is 1. The number of likely N-dealkylation sites (tertiary alicyclic amines) is 1. The summed E-state index contributed by atoms with van der Waals surface area (Å²) < 4.78 is 5.01. The van der Waals surface area contributed by atoms with Crippen molar-refractivity contribution in [3.8, 4) is 0 Å². The van der Waals surface area contributed by atoms with Gasteiger partial charge in [0.15, 0.2) is 11.7 Å². The molecule has 0 unspecified atom stereocenters. The van der Waals surface area contributed by atoms with Gasteiger partial charge in [0.2, 0.25) is 0 Å². The van der Waals surface area contributed by atoms with Crippen LogP contribution in [0.2, 0.25) is 0 Å². The Labute approximate surface area is 124 Å². The van der Waals surface area contributed by atoms with Gasteiger partial charge in [-0.05, 0) is 25.5 Å². The first kappa shape index (κ1) is 15.4. The van der Waals surface area contributed by atoms with E-state index in [0.717, 1.165) is 25.5 Å². The first-order chi connectivity index (χ1) is 10.2. The zero-order valence-electron chi connectivity index (χ0n) is 12.2. The third-order valence-electron chi connectivity index (χ3n) is 3.20. The second-order valence-electron chi connectivity index (χ2n) is 4.86. The molecule has 1 aromatic heterocycles. The summed E-state index contributed by atoms with van der Waals surface area (Å²) in [5.74, 6) is 0.839. The molecule has 2 heterocycles. The van der Waals surface area contributed by atoms with Crippen LogP contribution in [0.5, 0.6) is 0 Å². The Morgan fingerprint density at radius 1 is 1.57 bits per heavy atom. The molecule has 1 fully saturated rings. The number of carbonyl (C=O) groups excluding carboxylic acids is 1. The van der Waals surface area contributed by atoms with Gasteiger partial charge in [0.25, 0.3) is 5.91 Å². The highest BCUT2D eigenvalue weighted by molar-refractivity contribution is 5.91. The molecule has 21 heavy (non-hydrogen) atoms. The van der Waals surface area contributed by atoms with E-state index in [0.29, 0.717) is 25.4 Å². The van der Waals surface area contributed by atoms with Crippen molar-refractivity contribution in [2.24, 2.45) is 4.99 Å². The van der Waals surface area contributed by atoms with E-state index in [-0.39, 0.29) is 12.0 Å². The molecule has 1 aliphatic rings. The maximum atomic E-state index is 11.7. The Morgan fingerprint density at radius 2 is 2.43 bits per heavy atom. The first-order valence-electron chi connectivity index (χ1n) is 7.23. The molecule has 7 heteroatoms. The minimum Gasteiger partial charge on any atom is -0.459 e. The summed E-state index contributed by atoms with van der Waals surface area (Å²) in [5.41, 5.74) is 0. The van der Waals surface area contributed by atoms with Gasteiger partial charge in [0.05, 0.1) is 18.9 Å². The Bertz CT molecular complexity index is 473. The fourth-order valence-electron chi connectivity index (χ4n) is 2.19. The van der Waals surface area contributed by atoms with Crippen molar-refractivity contribution >= 4 is 11.9 Å². The average Bonchev–Trinajstić information content (AvgIpc) is 3.13. The summed E-state index contributed by atoms with van der Waals surface area (Å²) >= 11 is 0. The van der Waals surface area contributed by atoms with Crippen molar-refractivity contribution in [1.29, 1.82) is 0 Å². The lowest BCUT2D eigenvalue weighted by Gasteiger charge is -2.20. The zero-order chi connectivity index (χ0) is 15.1. The summed E-state index contributed by atoms with van der Waals surface area (Å²) in [4.78, 5) is 18.2. The molecule has 1 aromatic rings. The predicted octanol–water partition coefficient (Wildman–Crippen LogP) is 0.0415. The Kier molecular flexibility index (Phi) is 5.62. The van der Waals surface area contributed by atoms with Gasteiger partial charge in [0.1, 0.15) is 0 Å². The fraction of sp³-hybridized carbons (Fsp3) is 0.571. The molecule has 0 radical (unpaired) electrons. The number of guanidine groups is 1. The van der Waals surface area contributed by atoms with E-state index in [4.69, 9.17) is 4.42 Å². The molecule has 1 atom stereocenters. The molecule has 1 aliphatic heterocycles. The molecule has 7 nitrogen and oxygen atoms in total. The smallest absolute Gasteiger partial charge is 0.287 e. The molecule has 0 saturated carbocycles. The number of nitrogens with one attached hydrogen (secondary N) is 2. The van der Waals surface area contributed by atoms with Crippen LogP contribution in [0.15, 0.2) is 27.8 Å². The number of hydrogen-bond acceptors (Lipinski definition) is 4. The largest absolute Gasteiger partial charge is 0.459 e. The Balaban J connectivity index is 1.78. The number of hydrogen-bond donors (Lipinski definition) is 3. The van der Waals surface area contributed by atoms with Crippen molar-refractivity contribution in [2.45, 2.75) is 19.4 Å². The molecule has 0 bridgehead atoms. The zero-order valence-corrected chi connectivity index (χ0v) is 12.2. The Morgan fingerprint density at radius 3 is 3.05 bits per heavy atom. The predicted molar refractivity (Wildman–Crippen MR) is 79.2 cm³/mol. The minimum absolute atomic E-state index is 0.239. The van der Waals surface area contributed by atoms with E-state index in [1.165, 1.54) is 6.26 Å². The van der Waals surface area contributed by atoms with Crippen LogP contribution in [-0.2, 0) is 0 Å². The molecule has 2 rings (SSSR count). The highest BCUT2D eigenvalue weighted by Crippen LogP contribution is 2.08. The van der Waals surface area contributed by atoms with Gasteiger partial charge in [-0.2, -0.15) is 0 Å². The maximum absolute atomic E-state index is 11.7. The Hall–Kier alpha value is -2.02. The lowest BCUT2D eigenvalue weighted by Crippen LogP contribution is -2.41. The quantitative estimate of drug-likeness (QED) is 0.405. The first-order valence-corrected chi connectivity index (χ1v) is 7.23. The van der Waals surface area contributed by atoms with E-state index < -0.39 is 0 Å². The third-order valence-corrected chi connectivity index (χ3v) is 3.20. The van der Waals surface area contributed by atoms with Crippen LogP contribution in [0.4, 0.5) is 0 Å². The van der Waals surface area contributed by atoms with E-state index in [1.54, 1.807) is 12.1 Å². The molecule has 0 aliphatic carbocycles. The standard InChI is InChI=1S/C14H22N4O3/c1-2-15-14(18-8-5-11(19)10-18)17-7-6-16-13(20)12-4-3-9-21-12/h3-4,9,11,19H,2,5-8,10H2,1H3,(H,15,17)(H,16,20)/t11-/m1/s1. The second-order valence-corrected chi connectivity index (χ2v) is 4.86. The van der Waals surface area contributed by atoms with E-state index in [1.807, 2.05) is 11.8 Å². The molecule has 0 spiro atoms. The summed E-state index contributed by atoms with van der Waals surface area (Å²) in [6.07, 6.45) is 1.95. The molecule has 0 aromatic carbocycles. The minimum atomic E-state index is -0.285. The summed E-state index contributed by atoms with van der Waals surface area (Å²) in [6.45, 7) is 5.08. The van der Waals surface area contributed by atoms with Crippen molar-refractivity contribution < 1.29 is 14.3 Å². The normalized spacial score (nSPS) is 18.9. The lowest BCUT2D eigenvalue weighted by molar-refractivity contribution is 0.0927. The van der Waals surface area contributed by atoms with Gasteiger partial charge < -0.3 is 25.1 Å². The molecule has 116 valence electrons. The van der Waals surface area contributed by atoms with Crippen LogP contribution in [0, 0.1) is 0 Å². The van der Waals surface area contributed by atoms with Gasteiger partial charge in [-0.15, -0.1) is 0 Å². The van der Waals surface area contributed by atoms with Gasteiger partial charge in [-0.25, -0.2) is 0 Å². The fourth-order valence-corrected chi connectivity index (χ4v) is 2.19. The van der Waals surface area contributed by atoms with Crippen molar-refractivity contribution in [1.82, 2.24) is 15.5 Å². The van der Waals surface area contributed by atoms with E-state index >= 15 is 0 Å². The summed E-state index contributed by atoms with van der Waals surface area (Å²) in [6, 6.07) is 3.29. The average molecular weight is 294 g/mol. The highest BCUT2D eigenvalue weighted by atomic mass is 16.3. The van der Waals surface area contributed by atoms with Gasteiger partial charge in [-0.3, -0.25) is 9.79 Å². The molecular formula is C14H22N4O3. The van der Waals surface area contributed by atoms with Crippen LogP contribution in [0.25, 0.3) is 0 Å². The van der Waals surface area contributed by atoms with Crippen LogP contribution in [0.1, 0.15) is 23.9 Å². The van der Waals surface area contributed by atoms with Crippen molar-refractivity contribution in [2.75, 3.05) is 32.7 Å². The summed E-state index contributed by atoms with van der Waals surface area (Å²) in [7, 11) is 0. The number of β-amino-alcohol motifs (C(OH)–C–C–N with tert-alkyl or cyclic N) is 1. The molecule has 3 N–H and O–H groups in total. The number of rotatable bonds is 5. The summed E-state index contributed by atoms with van der Waals surface area (Å²) in [5, 5.41) is 15.5.